The predicted molar refractivity (Wildman–Crippen MR) is 107 cm³/mol. The third-order valence-corrected chi connectivity index (χ3v) is 4.61. The zero-order valence-electron chi connectivity index (χ0n) is 14.8. The van der Waals surface area contributed by atoms with Gasteiger partial charge >= 0.3 is 0 Å². The van der Waals surface area contributed by atoms with Crippen LogP contribution < -0.4 is 10.7 Å². The van der Waals surface area contributed by atoms with Crippen LogP contribution in [-0.4, -0.2) is 15.6 Å². The number of phenolic OH excluding ortho intramolecular Hbond substituents is 1. The van der Waals surface area contributed by atoms with E-state index in [4.69, 9.17) is 0 Å². The first kappa shape index (κ1) is 16.8. The number of pyridine rings is 1. The smallest absolute Gasteiger partial charge is 0.244 e. The summed E-state index contributed by atoms with van der Waals surface area (Å²) < 4.78 is 1.83. The predicted octanol–water partition coefficient (Wildman–Crippen LogP) is 3.81. The van der Waals surface area contributed by atoms with Crippen molar-refractivity contribution >= 4 is 33.4 Å². The normalized spacial score (nSPS) is 11.0. The number of nitrogens with zero attached hydrogens (tertiary/aromatic N) is 1. The number of carbonyl (C=O) groups excluding carboxylic acids is 1. The molecular formula is C22H18N2O3. The number of rotatable bonds is 3. The molecule has 0 saturated heterocycles. The van der Waals surface area contributed by atoms with E-state index in [-0.39, 0.29) is 23.6 Å². The summed E-state index contributed by atoms with van der Waals surface area (Å²) in [6, 6.07) is 19.6. The molecule has 0 bridgehead atoms. The van der Waals surface area contributed by atoms with Crippen molar-refractivity contribution in [1.29, 1.82) is 0 Å². The molecule has 0 aliphatic heterocycles. The number of hydrogen-bond acceptors (Lipinski definition) is 3. The number of anilines is 1. The van der Waals surface area contributed by atoms with E-state index in [2.05, 4.69) is 5.32 Å². The number of amides is 1. The lowest BCUT2D eigenvalue weighted by molar-refractivity contribution is -0.116. The molecule has 0 spiro atoms. The van der Waals surface area contributed by atoms with Crippen molar-refractivity contribution in [2.45, 2.75) is 13.5 Å². The van der Waals surface area contributed by atoms with Crippen LogP contribution in [0.3, 0.4) is 0 Å². The van der Waals surface area contributed by atoms with E-state index in [1.54, 1.807) is 24.3 Å². The molecule has 4 aromatic rings. The van der Waals surface area contributed by atoms with E-state index < -0.39 is 0 Å². The number of aromatic hydroxyl groups is 1. The van der Waals surface area contributed by atoms with E-state index in [0.29, 0.717) is 27.5 Å². The summed E-state index contributed by atoms with van der Waals surface area (Å²) in [5.74, 6) is -0.258. The first-order valence-electron chi connectivity index (χ1n) is 8.64. The molecule has 3 aromatic carbocycles. The van der Waals surface area contributed by atoms with Crippen molar-refractivity contribution < 1.29 is 9.90 Å². The first-order valence-corrected chi connectivity index (χ1v) is 8.64. The van der Waals surface area contributed by atoms with Crippen LogP contribution in [0.1, 0.15) is 5.56 Å². The number of aryl methyl sites for hydroxylation is 1. The Kier molecular flexibility index (Phi) is 4.12. The summed E-state index contributed by atoms with van der Waals surface area (Å²) in [5, 5.41) is 13.9. The molecule has 4 rings (SSSR count). The molecule has 1 amide bonds. The van der Waals surface area contributed by atoms with E-state index in [9.17, 15) is 14.7 Å². The van der Waals surface area contributed by atoms with Crippen molar-refractivity contribution in [1.82, 2.24) is 4.57 Å². The SMILES string of the molecule is Cc1ccc(NC(=O)Cn2c3ccccc3c(=O)c3ccccc32)c(O)c1. The zero-order chi connectivity index (χ0) is 19.0. The summed E-state index contributed by atoms with van der Waals surface area (Å²) in [7, 11) is 0. The maximum absolute atomic E-state index is 12.7. The highest BCUT2D eigenvalue weighted by Crippen LogP contribution is 2.24. The fourth-order valence-corrected chi connectivity index (χ4v) is 3.33. The van der Waals surface area contributed by atoms with Gasteiger partial charge in [-0.3, -0.25) is 9.59 Å². The second-order valence-electron chi connectivity index (χ2n) is 6.52. The second kappa shape index (κ2) is 6.61. The summed E-state index contributed by atoms with van der Waals surface area (Å²) in [6.07, 6.45) is 0. The van der Waals surface area contributed by atoms with Gasteiger partial charge in [0.25, 0.3) is 0 Å². The van der Waals surface area contributed by atoms with Gasteiger partial charge in [-0.05, 0) is 48.9 Å². The molecule has 0 radical (unpaired) electrons. The van der Waals surface area contributed by atoms with Gasteiger partial charge in [0.1, 0.15) is 12.3 Å². The molecule has 5 nitrogen and oxygen atoms in total. The molecule has 1 aromatic heterocycles. The Morgan fingerprint density at radius 2 is 1.56 bits per heavy atom. The van der Waals surface area contributed by atoms with Gasteiger partial charge in [0.05, 0.1) is 16.7 Å². The van der Waals surface area contributed by atoms with Crippen molar-refractivity contribution in [2.24, 2.45) is 0 Å². The largest absolute Gasteiger partial charge is 0.506 e. The molecule has 27 heavy (non-hydrogen) atoms. The van der Waals surface area contributed by atoms with Crippen LogP contribution >= 0.6 is 0 Å². The van der Waals surface area contributed by atoms with Gasteiger partial charge in [-0.2, -0.15) is 0 Å². The van der Waals surface area contributed by atoms with E-state index in [1.807, 2.05) is 54.0 Å². The fraction of sp³-hybridized carbons (Fsp3) is 0.0909. The average Bonchev–Trinajstić information content (AvgIpc) is 2.67. The topological polar surface area (TPSA) is 71.3 Å². The number of para-hydroxylation sites is 2. The molecule has 0 unspecified atom stereocenters. The van der Waals surface area contributed by atoms with E-state index in [0.717, 1.165) is 5.56 Å². The third-order valence-electron chi connectivity index (χ3n) is 4.61. The van der Waals surface area contributed by atoms with Crippen LogP contribution in [0.25, 0.3) is 21.8 Å². The van der Waals surface area contributed by atoms with Gasteiger partial charge in [-0.15, -0.1) is 0 Å². The van der Waals surface area contributed by atoms with Gasteiger partial charge in [0.15, 0.2) is 5.43 Å². The van der Waals surface area contributed by atoms with Gasteiger partial charge in [0, 0.05) is 10.8 Å². The molecule has 0 fully saturated rings. The molecule has 5 heteroatoms. The number of benzene rings is 3. The van der Waals surface area contributed by atoms with E-state index >= 15 is 0 Å². The minimum absolute atomic E-state index is 0.0224. The number of hydrogen-bond donors (Lipinski definition) is 2. The number of carbonyl (C=O) groups is 1. The van der Waals surface area contributed by atoms with Gasteiger partial charge in [-0.1, -0.05) is 30.3 Å². The maximum atomic E-state index is 12.7. The second-order valence-corrected chi connectivity index (χ2v) is 6.52. The average molecular weight is 358 g/mol. The van der Waals surface area contributed by atoms with Gasteiger partial charge in [-0.25, -0.2) is 0 Å². The van der Waals surface area contributed by atoms with Crippen LogP contribution in [0.5, 0.6) is 5.75 Å². The van der Waals surface area contributed by atoms with Crippen LogP contribution in [0.2, 0.25) is 0 Å². The zero-order valence-corrected chi connectivity index (χ0v) is 14.8. The first-order chi connectivity index (χ1) is 13.0. The molecular weight excluding hydrogens is 340 g/mol. The quantitative estimate of drug-likeness (QED) is 0.432. The van der Waals surface area contributed by atoms with Gasteiger partial charge in [0.2, 0.25) is 5.91 Å². The summed E-state index contributed by atoms with van der Waals surface area (Å²) in [4.78, 5) is 25.4. The molecule has 1 heterocycles. The Morgan fingerprint density at radius 1 is 0.963 bits per heavy atom. The van der Waals surface area contributed by atoms with Crippen LogP contribution in [-0.2, 0) is 11.3 Å². The summed E-state index contributed by atoms with van der Waals surface area (Å²) >= 11 is 0. The van der Waals surface area contributed by atoms with Crippen molar-refractivity contribution in [3.05, 3.63) is 82.5 Å². The van der Waals surface area contributed by atoms with Crippen molar-refractivity contribution in [3.63, 3.8) is 0 Å². The molecule has 2 N–H and O–H groups in total. The Morgan fingerprint density at radius 3 is 2.15 bits per heavy atom. The number of nitrogens with one attached hydrogen (secondary N) is 1. The van der Waals surface area contributed by atoms with Crippen LogP contribution in [0.15, 0.2) is 71.5 Å². The highest BCUT2D eigenvalue weighted by Gasteiger charge is 2.13. The lowest BCUT2D eigenvalue weighted by Gasteiger charge is -2.15. The standard InChI is InChI=1S/C22H18N2O3/c1-14-10-11-17(20(25)12-14)23-21(26)13-24-18-8-4-2-6-15(18)22(27)16-7-3-5-9-19(16)24/h2-12,25H,13H2,1H3,(H,23,26). The number of aromatic nitrogens is 1. The van der Waals surface area contributed by atoms with Crippen LogP contribution in [0.4, 0.5) is 5.69 Å². The Hall–Kier alpha value is -3.60. The van der Waals surface area contributed by atoms with Crippen LogP contribution in [0, 0.1) is 6.92 Å². The maximum Gasteiger partial charge on any atom is 0.244 e. The molecule has 0 aliphatic carbocycles. The minimum Gasteiger partial charge on any atom is -0.506 e. The third kappa shape index (κ3) is 3.04. The Balaban J connectivity index is 1.79. The minimum atomic E-state index is -0.284. The summed E-state index contributed by atoms with van der Waals surface area (Å²) in [6.45, 7) is 1.89. The number of fused-ring (bicyclic) bond motifs is 2. The monoisotopic (exact) mass is 358 g/mol. The van der Waals surface area contributed by atoms with Gasteiger partial charge < -0.3 is 15.0 Å². The highest BCUT2D eigenvalue weighted by molar-refractivity contribution is 5.97. The Labute approximate surface area is 155 Å². The fourth-order valence-electron chi connectivity index (χ4n) is 3.33. The lowest BCUT2D eigenvalue weighted by Crippen LogP contribution is -2.21. The van der Waals surface area contributed by atoms with E-state index in [1.165, 1.54) is 0 Å². The summed E-state index contributed by atoms with van der Waals surface area (Å²) in [5.41, 5.74) is 2.62. The Bertz CT molecular complexity index is 1180. The molecule has 0 atom stereocenters. The lowest BCUT2D eigenvalue weighted by atomic mass is 10.1. The molecule has 134 valence electrons. The number of phenols is 1. The molecule has 0 aliphatic rings. The van der Waals surface area contributed by atoms with Crippen molar-refractivity contribution in [3.8, 4) is 5.75 Å². The van der Waals surface area contributed by atoms with Crippen molar-refractivity contribution in [2.75, 3.05) is 5.32 Å². The highest BCUT2D eigenvalue weighted by atomic mass is 16.3. The molecule has 0 saturated carbocycles.